The van der Waals surface area contributed by atoms with Crippen LogP contribution >= 0.6 is 0 Å². The molecule has 0 bridgehead atoms. The minimum absolute atomic E-state index is 0.235. The summed E-state index contributed by atoms with van der Waals surface area (Å²) in [7, 11) is 0. The van der Waals surface area contributed by atoms with Gasteiger partial charge < -0.3 is 13.9 Å². The number of Topliss-reactive ketones (excluding diaryl/α,β-unsaturated/α-hetero) is 1. The zero-order valence-corrected chi connectivity index (χ0v) is 16.9. The lowest BCUT2D eigenvalue weighted by molar-refractivity contribution is -0.148. The molecule has 4 rings (SSSR count). The Morgan fingerprint density at radius 1 is 1.07 bits per heavy atom. The maximum atomic E-state index is 12.6. The van der Waals surface area contributed by atoms with Crippen molar-refractivity contribution in [2.75, 3.05) is 6.61 Å². The van der Waals surface area contributed by atoms with E-state index >= 15 is 0 Å². The van der Waals surface area contributed by atoms with Crippen LogP contribution in [0, 0.1) is 6.92 Å². The van der Waals surface area contributed by atoms with Crippen molar-refractivity contribution in [2.24, 2.45) is 0 Å². The number of carbonyl (C=O) groups is 2. The number of aryl methyl sites for hydroxylation is 3. The monoisotopic (exact) mass is 406 g/mol. The second-order valence-corrected chi connectivity index (χ2v) is 7.53. The van der Waals surface area contributed by atoms with Gasteiger partial charge in [-0.3, -0.25) is 4.79 Å². The summed E-state index contributed by atoms with van der Waals surface area (Å²) < 4.78 is 15.9. The van der Waals surface area contributed by atoms with Crippen LogP contribution in [0.2, 0.25) is 0 Å². The second kappa shape index (κ2) is 8.14. The molecule has 1 atom stereocenters. The first-order valence-corrected chi connectivity index (χ1v) is 9.93. The zero-order valence-electron chi connectivity index (χ0n) is 16.9. The fourth-order valence-electron chi connectivity index (χ4n) is 3.78. The molecule has 0 saturated heterocycles. The molecular formula is C24H22O6. The van der Waals surface area contributed by atoms with E-state index in [1.165, 1.54) is 17.2 Å². The molecule has 1 aliphatic rings. The number of hydrogen-bond donors (Lipinski definition) is 0. The fraction of sp³-hybridized carbons (Fsp3) is 0.292. The van der Waals surface area contributed by atoms with Crippen LogP contribution in [-0.2, 0) is 22.4 Å². The standard InChI is InChI=1S/C24H22O6/c1-14-10-22(25)30-21-12-19(8-9-20(14)21)28-13-23(26)29-15(2)24(27)18-7-6-16-4-3-5-17(16)11-18/h6-12,15H,3-5,13H2,1-2H3/t15-/m0/s1. The lowest BCUT2D eigenvalue weighted by Crippen LogP contribution is -2.27. The van der Waals surface area contributed by atoms with E-state index in [4.69, 9.17) is 13.9 Å². The quantitative estimate of drug-likeness (QED) is 0.352. The first kappa shape index (κ1) is 19.9. The van der Waals surface area contributed by atoms with Gasteiger partial charge in [-0.15, -0.1) is 0 Å². The van der Waals surface area contributed by atoms with Crippen LogP contribution in [0.1, 0.15) is 40.4 Å². The number of fused-ring (bicyclic) bond motifs is 2. The van der Waals surface area contributed by atoms with E-state index in [1.807, 2.05) is 19.1 Å². The Bertz CT molecular complexity index is 1190. The van der Waals surface area contributed by atoms with Crippen molar-refractivity contribution in [3.8, 4) is 5.75 Å². The van der Waals surface area contributed by atoms with Gasteiger partial charge in [-0.25, -0.2) is 9.59 Å². The fourth-order valence-corrected chi connectivity index (χ4v) is 3.78. The summed E-state index contributed by atoms with van der Waals surface area (Å²) in [6, 6.07) is 12.1. The Labute approximate surface area is 173 Å². The molecule has 154 valence electrons. The predicted octanol–water partition coefficient (Wildman–Crippen LogP) is 3.78. The molecule has 0 N–H and O–H groups in total. The van der Waals surface area contributed by atoms with E-state index in [-0.39, 0.29) is 12.4 Å². The average Bonchev–Trinajstić information content (AvgIpc) is 3.19. The normalized spacial score (nSPS) is 13.7. The second-order valence-electron chi connectivity index (χ2n) is 7.53. The van der Waals surface area contributed by atoms with Crippen molar-refractivity contribution < 1.29 is 23.5 Å². The van der Waals surface area contributed by atoms with Gasteiger partial charge in [0.1, 0.15) is 11.3 Å². The highest BCUT2D eigenvalue weighted by molar-refractivity contribution is 6.00. The average molecular weight is 406 g/mol. The van der Waals surface area contributed by atoms with Gasteiger partial charge in [0, 0.05) is 23.1 Å². The smallest absolute Gasteiger partial charge is 0.344 e. The molecule has 1 heterocycles. The summed E-state index contributed by atoms with van der Waals surface area (Å²) >= 11 is 0. The summed E-state index contributed by atoms with van der Waals surface area (Å²) in [5.41, 5.74) is 3.76. The number of ketones is 1. The Morgan fingerprint density at radius 3 is 2.70 bits per heavy atom. The van der Waals surface area contributed by atoms with Crippen molar-refractivity contribution in [3.05, 3.63) is 75.1 Å². The van der Waals surface area contributed by atoms with Crippen molar-refractivity contribution >= 4 is 22.7 Å². The van der Waals surface area contributed by atoms with Crippen molar-refractivity contribution in [3.63, 3.8) is 0 Å². The summed E-state index contributed by atoms with van der Waals surface area (Å²) in [4.78, 5) is 36.3. The molecule has 2 aromatic carbocycles. The molecular weight excluding hydrogens is 384 g/mol. The molecule has 0 spiro atoms. The number of rotatable bonds is 6. The topological polar surface area (TPSA) is 82.8 Å². The third-order valence-corrected chi connectivity index (χ3v) is 5.34. The number of carbonyl (C=O) groups excluding carboxylic acids is 2. The van der Waals surface area contributed by atoms with E-state index in [0.29, 0.717) is 16.9 Å². The Balaban J connectivity index is 1.37. The van der Waals surface area contributed by atoms with E-state index in [9.17, 15) is 14.4 Å². The van der Waals surface area contributed by atoms with Crippen LogP contribution in [0.4, 0.5) is 0 Å². The van der Waals surface area contributed by atoms with Gasteiger partial charge >= 0.3 is 11.6 Å². The lowest BCUT2D eigenvalue weighted by Gasteiger charge is -2.14. The van der Waals surface area contributed by atoms with E-state index < -0.39 is 17.7 Å². The van der Waals surface area contributed by atoms with Crippen molar-refractivity contribution in [2.45, 2.75) is 39.2 Å². The third-order valence-electron chi connectivity index (χ3n) is 5.34. The summed E-state index contributed by atoms with van der Waals surface area (Å²) in [6.07, 6.45) is 2.22. The molecule has 0 saturated carbocycles. The van der Waals surface area contributed by atoms with Gasteiger partial charge in [0.25, 0.3) is 0 Å². The molecule has 0 unspecified atom stereocenters. The van der Waals surface area contributed by atoms with Crippen LogP contribution < -0.4 is 10.4 Å². The zero-order chi connectivity index (χ0) is 21.3. The van der Waals surface area contributed by atoms with E-state index in [1.54, 1.807) is 31.2 Å². The third kappa shape index (κ3) is 4.13. The van der Waals surface area contributed by atoms with Gasteiger partial charge in [0.2, 0.25) is 5.78 Å². The van der Waals surface area contributed by atoms with Crippen molar-refractivity contribution in [1.29, 1.82) is 0 Å². The minimum Gasteiger partial charge on any atom is -0.482 e. The van der Waals surface area contributed by atoms with Gasteiger partial charge in [-0.05, 0) is 68.0 Å². The van der Waals surface area contributed by atoms with Crippen LogP contribution in [-0.4, -0.2) is 24.5 Å². The van der Waals surface area contributed by atoms with E-state index in [2.05, 4.69) is 0 Å². The predicted molar refractivity (Wildman–Crippen MR) is 111 cm³/mol. The van der Waals surface area contributed by atoms with Gasteiger partial charge in [-0.1, -0.05) is 12.1 Å². The highest BCUT2D eigenvalue weighted by Gasteiger charge is 2.22. The maximum Gasteiger partial charge on any atom is 0.344 e. The Hall–Kier alpha value is -3.41. The minimum atomic E-state index is -0.905. The molecule has 0 aliphatic heterocycles. The van der Waals surface area contributed by atoms with Gasteiger partial charge in [0.05, 0.1) is 0 Å². The molecule has 30 heavy (non-hydrogen) atoms. The molecule has 0 amide bonds. The molecule has 1 aliphatic carbocycles. The van der Waals surface area contributed by atoms with E-state index in [0.717, 1.165) is 30.2 Å². The highest BCUT2D eigenvalue weighted by atomic mass is 16.6. The number of benzene rings is 2. The first-order valence-electron chi connectivity index (χ1n) is 9.93. The molecule has 0 fully saturated rings. The molecule has 0 radical (unpaired) electrons. The summed E-state index contributed by atoms with van der Waals surface area (Å²) in [5.74, 6) is -0.519. The van der Waals surface area contributed by atoms with Crippen LogP contribution in [0.5, 0.6) is 5.75 Å². The largest absolute Gasteiger partial charge is 0.482 e. The SMILES string of the molecule is Cc1cc(=O)oc2cc(OCC(=O)O[C@@H](C)C(=O)c3ccc4c(c3)CCC4)ccc12. The maximum absolute atomic E-state index is 12.6. The van der Waals surface area contributed by atoms with Crippen molar-refractivity contribution in [1.82, 2.24) is 0 Å². The Kier molecular flexibility index (Phi) is 5.40. The highest BCUT2D eigenvalue weighted by Crippen LogP contribution is 2.24. The Morgan fingerprint density at radius 2 is 1.87 bits per heavy atom. The first-order chi connectivity index (χ1) is 14.4. The van der Waals surface area contributed by atoms with Crippen LogP contribution in [0.15, 0.2) is 51.7 Å². The number of esters is 1. The van der Waals surface area contributed by atoms with Gasteiger partial charge in [-0.2, -0.15) is 0 Å². The molecule has 6 heteroatoms. The molecule has 1 aromatic heterocycles. The van der Waals surface area contributed by atoms with Crippen LogP contribution in [0.3, 0.4) is 0 Å². The van der Waals surface area contributed by atoms with Gasteiger partial charge in [0.15, 0.2) is 12.7 Å². The summed E-state index contributed by atoms with van der Waals surface area (Å²) in [5, 5.41) is 0.790. The number of ether oxygens (including phenoxy) is 2. The number of hydrogen-bond acceptors (Lipinski definition) is 6. The van der Waals surface area contributed by atoms with Crippen LogP contribution in [0.25, 0.3) is 11.0 Å². The summed E-state index contributed by atoms with van der Waals surface area (Å²) in [6.45, 7) is 3.01. The molecule has 6 nitrogen and oxygen atoms in total. The molecule has 3 aromatic rings. The lowest BCUT2D eigenvalue weighted by atomic mass is 10.0.